The lowest BCUT2D eigenvalue weighted by atomic mass is 9.96. The van der Waals surface area contributed by atoms with Crippen LogP contribution in [0.15, 0.2) is 42.5 Å². The summed E-state index contributed by atoms with van der Waals surface area (Å²) in [5, 5.41) is 13.3. The van der Waals surface area contributed by atoms with Crippen LogP contribution in [0, 0.1) is 6.92 Å². The Balaban J connectivity index is 1.86. The molecule has 3 rings (SSSR count). The van der Waals surface area contributed by atoms with E-state index in [1.54, 1.807) is 0 Å². The number of amides is 1. The first kappa shape index (κ1) is 12.9. The van der Waals surface area contributed by atoms with Gasteiger partial charge in [-0.05, 0) is 29.2 Å². The molecule has 2 aromatic carbocycles. The van der Waals surface area contributed by atoms with Crippen molar-refractivity contribution >= 4 is 11.6 Å². The van der Waals surface area contributed by atoms with E-state index in [0.29, 0.717) is 12.8 Å². The van der Waals surface area contributed by atoms with E-state index >= 15 is 0 Å². The molecule has 0 aromatic heterocycles. The minimum Gasteiger partial charge on any atom is -0.388 e. The molecule has 0 aliphatic carbocycles. The Bertz CT molecular complexity index is 650. The highest BCUT2D eigenvalue weighted by Crippen LogP contribution is 2.31. The number of aryl methyl sites for hydroxylation is 1. The predicted octanol–water partition coefficient (Wildman–Crippen LogP) is 2.77. The Morgan fingerprint density at radius 3 is 2.75 bits per heavy atom. The van der Waals surface area contributed by atoms with E-state index in [-0.39, 0.29) is 5.91 Å². The lowest BCUT2D eigenvalue weighted by Gasteiger charge is -2.14. The first-order chi connectivity index (χ1) is 9.63. The molecule has 0 radical (unpaired) electrons. The normalized spacial score (nSPS) is 14.8. The molecule has 0 saturated carbocycles. The van der Waals surface area contributed by atoms with Crippen molar-refractivity contribution in [1.82, 2.24) is 0 Å². The lowest BCUT2D eigenvalue weighted by Crippen LogP contribution is -2.04. The standard InChI is InChI=1S/C17H17NO2/c1-11-7-13(9-14-10-16(20)18-17(11)14)15(19)8-12-5-3-2-4-6-12/h2-7,9,15,19H,8,10H2,1H3,(H,18,20). The smallest absolute Gasteiger partial charge is 0.228 e. The summed E-state index contributed by atoms with van der Waals surface area (Å²) in [4.78, 5) is 11.5. The molecule has 2 N–H and O–H groups in total. The summed E-state index contributed by atoms with van der Waals surface area (Å²) in [6.07, 6.45) is 0.444. The van der Waals surface area contributed by atoms with Gasteiger partial charge < -0.3 is 10.4 Å². The summed E-state index contributed by atoms with van der Waals surface area (Å²) in [6, 6.07) is 13.8. The molecule has 3 nitrogen and oxygen atoms in total. The van der Waals surface area contributed by atoms with Crippen LogP contribution in [0.3, 0.4) is 0 Å². The van der Waals surface area contributed by atoms with Crippen molar-refractivity contribution in [2.75, 3.05) is 5.32 Å². The SMILES string of the molecule is Cc1cc(C(O)Cc2ccccc2)cc2c1NC(=O)C2. The van der Waals surface area contributed by atoms with Crippen LogP contribution in [0.5, 0.6) is 0 Å². The number of rotatable bonds is 3. The summed E-state index contributed by atoms with van der Waals surface area (Å²) in [7, 11) is 0. The first-order valence-electron chi connectivity index (χ1n) is 6.79. The average Bonchev–Trinajstić information content (AvgIpc) is 2.81. The average molecular weight is 267 g/mol. The molecular formula is C17H17NO2. The van der Waals surface area contributed by atoms with Crippen LogP contribution in [0.4, 0.5) is 5.69 Å². The summed E-state index contributed by atoms with van der Waals surface area (Å²) in [5.74, 6) is 0.0257. The fourth-order valence-corrected chi connectivity index (χ4v) is 2.71. The maximum atomic E-state index is 11.5. The molecular weight excluding hydrogens is 250 g/mol. The van der Waals surface area contributed by atoms with E-state index in [1.165, 1.54) is 0 Å². The lowest BCUT2D eigenvalue weighted by molar-refractivity contribution is -0.115. The molecule has 3 heteroatoms. The van der Waals surface area contributed by atoms with Crippen molar-refractivity contribution < 1.29 is 9.90 Å². The molecule has 0 spiro atoms. The largest absolute Gasteiger partial charge is 0.388 e. The van der Waals surface area contributed by atoms with E-state index in [0.717, 1.165) is 27.9 Å². The third kappa shape index (κ3) is 2.45. The predicted molar refractivity (Wildman–Crippen MR) is 78.6 cm³/mol. The van der Waals surface area contributed by atoms with Crippen molar-refractivity contribution in [3.63, 3.8) is 0 Å². The zero-order valence-electron chi connectivity index (χ0n) is 11.4. The monoisotopic (exact) mass is 267 g/mol. The van der Waals surface area contributed by atoms with Gasteiger partial charge in [0.15, 0.2) is 0 Å². The quantitative estimate of drug-likeness (QED) is 0.898. The van der Waals surface area contributed by atoms with Gasteiger partial charge in [0.25, 0.3) is 0 Å². The Hall–Kier alpha value is -2.13. The molecule has 1 amide bonds. The Morgan fingerprint density at radius 1 is 1.25 bits per heavy atom. The molecule has 2 aromatic rings. The summed E-state index contributed by atoms with van der Waals surface area (Å²) < 4.78 is 0. The molecule has 1 aliphatic heterocycles. The van der Waals surface area contributed by atoms with Gasteiger partial charge in [-0.2, -0.15) is 0 Å². The molecule has 1 unspecified atom stereocenters. The van der Waals surface area contributed by atoms with Crippen molar-refractivity contribution in [1.29, 1.82) is 0 Å². The second-order valence-corrected chi connectivity index (χ2v) is 5.30. The van der Waals surface area contributed by atoms with E-state index in [4.69, 9.17) is 0 Å². The van der Waals surface area contributed by atoms with Gasteiger partial charge >= 0.3 is 0 Å². The van der Waals surface area contributed by atoms with Crippen LogP contribution in [-0.2, 0) is 17.6 Å². The third-order valence-electron chi connectivity index (χ3n) is 3.71. The highest BCUT2D eigenvalue weighted by Gasteiger charge is 2.21. The van der Waals surface area contributed by atoms with Crippen molar-refractivity contribution in [3.05, 3.63) is 64.7 Å². The molecule has 20 heavy (non-hydrogen) atoms. The second-order valence-electron chi connectivity index (χ2n) is 5.30. The Labute approximate surface area is 118 Å². The first-order valence-corrected chi connectivity index (χ1v) is 6.79. The number of aliphatic hydroxyl groups is 1. The fourth-order valence-electron chi connectivity index (χ4n) is 2.71. The van der Waals surface area contributed by atoms with Gasteiger partial charge in [0, 0.05) is 12.1 Å². The zero-order chi connectivity index (χ0) is 14.1. The van der Waals surface area contributed by atoms with Crippen molar-refractivity contribution in [2.45, 2.75) is 25.9 Å². The highest BCUT2D eigenvalue weighted by molar-refractivity contribution is 6.00. The molecule has 1 aliphatic rings. The minimum atomic E-state index is -0.544. The van der Waals surface area contributed by atoms with Gasteiger partial charge in [-0.15, -0.1) is 0 Å². The van der Waals surface area contributed by atoms with Gasteiger partial charge in [-0.3, -0.25) is 4.79 Å². The van der Waals surface area contributed by atoms with Crippen LogP contribution in [0.2, 0.25) is 0 Å². The maximum Gasteiger partial charge on any atom is 0.228 e. The number of hydrogen-bond acceptors (Lipinski definition) is 2. The molecule has 1 heterocycles. The number of aliphatic hydroxyl groups excluding tert-OH is 1. The second kappa shape index (κ2) is 5.10. The molecule has 102 valence electrons. The number of fused-ring (bicyclic) bond motifs is 1. The number of carbonyl (C=O) groups is 1. The number of benzene rings is 2. The zero-order valence-corrected chi connectivity index (χ0v) is 11.4. The van der Waals surface area contributed by atoms with Crippen LogP contribution in [0.25, 0.3) is 0 Å². The highest BCUT2D eigenvalue weighted by atomic mass is 16.3. The van der Waals surface area contributed by atoms with Gasteiger partial charge in [0.05, 0.1) is 12.5 Å². The fraction of sp³-hybridized carbons (Fsp3) is 0.235. The van der Waals surface area contributed by atoms with Crippen LogP contribution < -0.4 is 5.32 Å². The van der Waals surface area contributed by atoms with E-state index in [9.17, 15) is 9.90 Å². The summed E-state index contributed by atoms with van der Waals surface area (Å²) in [5.41, 5.74) is 4.88. The van der Waals surface area contributed by atoms with Crippen LogP contribution in [-0.4, -0.2) is 11.0 Å². The summed E-state index contributed by atoms with van der Waals surface area (Å²) >= 11 is 0. The summed E-state index contributed by atoms with van der Waals surface area (Å²) in [6.45, 7) is 1.96. The Kier molecular flexibility index (Phi) is 3.28. The van der Waals surface area contributed by atoms with Crippen LogP contribution in [0.1, 0.15) is 28.4 Å². The van der Waals surface area contributed by atoms with E-state index in [2.05, 4.69) is 5.32 Å². The molecule has 0 saturated heterocycles. The number of hydrogen-bond donors (Lipinski definition) is 2. The number of nitrogens with one attached hydrogen (secondary N) is 1. The van der Waals surface area contributed by atoms with Crippen molar-refractivity contribution in [2.24, 2.45) is 0 Å². The molecule has 1 atom stereocenters. The van der Waals surface area contributed by atoms with E-state index < -0.39 is 6.10 Å². The van der Waals surface area contributed by atoms with Crippen molar-refractivity contribution in [3.8, 4) is 0 Å². The van der Waals surface area contributed by atoms with E-state index in [1.807, 2.05) is 49.4 Å². The molecule has 0 bridgehead atoms. The third-order valence-corrected chi connectivity index (χ3v) is 3.71. The minimum absolute atomic E-state index is 0.0257. The number of carbonyl (C=O) groups excluding carboxylic acids is 1. The maximum absolute atomic E-state index is 11.5. The molecule has 0 fully saturated rings. The Morgan fingerprint density at radius 2 is 2.00 bits per heavy atom. The van der Waals surface area contributed by atoms with Gasteiger partial charge in [0.1, 0.15) is 0 Å². The number of anilines is 1. The van der Waals surface area contributed by atoms with Gasteiger partial charge in [-0.25, -0.2) is 0 Å². The van der Waals surface area contributed by atoms with Gasteiger partial charge in [-0.1, -0.05) is 42.5 Å². The van der Waals surface area contributed by atoms with Crippen LogP contribution >= 0.6 is 0 Å². The topological polar surface area (TPSA) is 49.3 Å². The van der Waals surface area contributed by atoms with Gasteiger partial charge in [0.2, 0.25) is 5.91 Å².